The van der Waals surface area contributed by atoms with Gasteiger partial charge in [-0.2, -0.15) is 0 Å². The standard InChI is InChI=1S/C11H11ClN2S2/c12-11-13-9-8(5-6-15-9)10(14-11)16-7-3-1-2-4-7/h5-7H,1-4H2. The van der Waals surface area contributed by atoms with E-state index in [1.54, 1.807) is 11.3 Å². The molecule has 1 saturated carbocycles. The molecule has 1 aliphatic carbocycles. The van der Waals surface area contributed by atoms with Crippen LogP contribution in [0.4, 0.5) is 0 Å². The number of nitrogens with zero attached hydrogens (tertiary/aromatic N) is 2. The molecule has 0 aliphatic heterocycles. The van der Waals surface area contributed by atoms with Gasteiger partial charge in [-0.15, -0.1) is 23.1 Å². The molecule has 0 atom stereocenters. The normalized spacial score (nSPS) is 17.3. The van der Waals surface area contributed by atoms with E-state index in [9.17, 15) is 0 Å². The number of halogens is 1. The second kappa shape index (κ2) is 4.51. The Hall–Kier alpha value is -0.320. The van der Waals surface area contributed by atoms with Gasteiger partial charge in [-0.05, 0) is 35.9 Å². The van der Waals surface area contributed by atoms with Gasteiger partial charge in [0.25, 0.3) is 0 Å². The Morgan fingerprint density at radius 2 is 2.12 bits per heavy atom. The van der Waals surface area contributed by atoms with E-state index in [-0.39, 0.29) is 0 Å². The van der Waals surface area contributed by atoms with Gasteiger partial charge in [-0.25, -0.2) is 9.97 Å². The van der Waals surface area contributed by atoms with E-state index in [4.69, 9.17) is 11.6 Å². The number of hydrogen-bond acceptors (Lipinski definition) is 4. The van der Waals surface area contributed by atoms with E-state index in [1.165, 1.54) is 25.7 Å². The monoisotopic (exact) mass is 270 g/mol. The average molecular weight is 271 g/mol. The first-order valence-corrected chi connectivity index (χ1v) is 7.54. The van der Waals surface area contributed by atoms with Crippen molar-refractivity contribution < 1.29 is 0 Å². The molecule has 1 fully saturated rings. The maximum atomic E-state index is 5.94. The largest absolute Gasteiger partial charge is 0.224 e. The van der Waals surface area contributed by atoms with Crippen LogP contribution < -0.4 is 0 Å². The first kappa shape index (κ1) is 10.8. The molecule has 0 unspecified atom stereocenters. The fraction of sp³-hybridized carbons (Fsp3) is 0.455. The highest BCUT2D eigenvalue weighted by Crippen LogP contribution is 2.38. The van der Waals surface area contributed by atoms with Crippen LogP contribution in [0.15, 0.2) is 16.5 Å². The minimum atomic E-state index is 0.371. The summed E-state index contributed by atoms with van der Waals surface area (Å²) in [5.74, 6) is 0. The van der Waals surface area contributed by atoms with Crippen LogP contribution in [0.5, 0.6) is 0 Å². The fourth-order valence-electron chi connectivity index (χ4n) is 2.06. The Balaban J connectivity index is 1.97. The Morgan fingerprint density at radius 3 is 2.94 bits per heavy atom. The summed E-state index contributed by atoms with van der Waals surface area (Å²) in [6, 6.07) is 2.09. The van der Waals surface area contributed by atoms with Crippen molar-refractivity contribution in [2.75, 3.05) is 0 Å². The van der Waals surface area contributed by atoms with Gasteiger partial charge in [0.15, 0.2) is 0 Å². The Kier molecular flexibility index (Phi) is 3.05. The molecule has 0 spiro atoms. The van der Waals surface area contributed by atoms with Crippen LogP contribution in [-0.4, -0.2) is 15.2 Å². The Labute approximate surface area is 107 Å². The zero-order valence-corrected chi connectivity index (χ0v) is 11.0. The number of thioether (sulfide) groups is 1. The molecule has 0 saturated heterocycles. The third-order valence-electron chi connectivity index (χ3n) is 2.84. The third kappa shape index (κ3) is 2.06. The smallest absolute Gasteiger partial charge is 0.211 e. The van der Waals surface area contributed by atoms with Crippen molar-refractivity contribution in [1.29, 1.82) is 0 Å². The van der Waals surface area contributed by atoms with Crippen molar-refractivity contribution >= 4 is 44.9 Å². The summed E-state index contributed by atoms with van der Waals surface area (Å²) in [7, 11) is 0. The molecule has 0 amide bonds. The lowest BCUT2D eigenvalue weighted by Gasteiger charge is -2.08. The summed E-state index contributed by atoms with van der Waals surface area (Å²) >= 11 is 9.43. The summed E-state index contributed by atoms with van der Waals surface area (Å²) < 4.78 is 0. The first-order valence-electron chi connectivity index (χ1n) is 5.40. The second-order valence-corrected chi connectivity index (χ2v) is 6.48. The summed E-state index contributed by atoms with van der Waals surface area (Å²) in [5, 5.41) is 5.35. The molecule has 0 bridgehead atoms. The predicted molar refractivity (Wildman–Crippen MR) is 70.5 cm³/mol. The average Bonchev–Trinajstić information content (AvgIpc) is 2.87. The molecule has 3 rings (SSSR count). The van der Waals surface area contributed by atoms with Gasteiger partial charge < -0.3 is 0 Å². The number of rotatable bonds is 2. The van der Waals surface area contributed by atoms with E-state index in [2.05, 4.69) is 16.0 Å². The highest BCUT2D eigenvalue weighted by molar-refractivity contribution is 8.00. The lowest BCUT2D eigenvalue weighted by atomic mass is 10.4. The minimum absolute atomic E-state index is 0.371. The van der Waals surface area contributed by atoms with Gasteiger partial charge in [-0.3, -0.25) is 0 Å². The molecule has 5 heteroatoms. The molecular weight excluding hydrogens is 260 g/mol. The fourth-order valence-corrected chi connectivity index (χ4v) is 4.47. The molecule has 2 nitrogen and oxygen atoms in total. The zero-order valence-electron chi connectivity index (χ0n) is 8.65. The Bertz CT molecular complexity index is 506. The molecule has 0 N–H and O–H groups in total. The number of fused-ring (bicyclic) bond motifs is 1. The van der Waals surface area contributed by atoms with Crippen LogP contribution in [0.1, 0.15) is 25.7 Å². The molecule has 1 aliphatic rings. The summed E-state index contributed by atoms with van der Waals surface area (Å²) in [4.78, 5) is 9.59. The molecule has 2 aromatic rings. The van der Waals surface area contributed by atoms with Crippen molar-refractivity contribution in [3.05, 3.63) is 16.7 Å². The topological polar surface area (TPSA) is 25.8 Å². The SMILES string of the molecule is Clc1nc(SC2CCCC2)c2ccsc2n1. The van der Waals surface area contributed by atoms with Gasteiger partial charge >= 0.3 is 0 Å². The molecule has 2 heterocycles. The first-order chi connectivity index (χ1) is 7.83. The molecule has 16 heavy (non-hydrogen) atoms. The lowest BCUT2D eigenvalue weighted by Crippen LogP contribution is -1.96. The van der Waals surface area contributed by atoms with Gasteiger partial charge in [0.2, 0.25) is 5.28 Å². The summed E-state index contributed by atoms with van der Waals surface area (Å²) in [6.45, 7) is 0. The van der Waals surface area contributed by atoms with Crippen molar-refractivity contribution in [2.45, 2.75) is 36.0 Å². The predicted octanol–water partition coefficient (Wildman–Crippen LogP) is 4.38. The maximum absolute atomic E-state index is 5.94. The van der Waals surface area contributed by atoms with Crippen molar-refractivity contribution in [1.82, 2.24) is 9.97 Å². The van der Waals surface area contributed by atoms with E-state index in [0.717, 1.165) is 15.2 Å². The number of thiophene rings is 1. The van der Waals surface area contributed by atoms with Crippen molar-refractivity contribution in [3.63, 3.8) is 0 Å². The third-order valence-corrected chi connectivity index (χ3v) is 5.16. The van der Waals surface area contributed by atoms with Crippen molar-refractivity contribution in [3.8, 4) is 0 Å². The van der Waals surface area contributed by atoms with E-state index < -0.39 is 0 Å². The van der Waals surface area contributed by atoms with Crippen LogP contribution in [0.3, 0.4) is 0 Å². The Morgan fingerprint density at radius 1 is 1.31 bits per heavy atom. The summed E-state index contributed by atoms with van der Waals surface area (Å²) in [5.41, 5.74) is 0. The highest BCUT2D eigenvalue weighted by Gasteiger charge is 2.19. The second-order valence-electron chi connectivity index (χ2n) is 3.96. The zero-order chi connectivity index (χ0) is 11.0. The maximum Gasteiger partial charge on any atom is 0.224 e. The molecule has 0 aromatic carbocycles. The number of aromatic nitrogens is 2. The molecule has 0 radical (unpaired) electrons. The van der Waals surface area contributed by atoms with Crippen LogP contribution in [-0.2, 0) is 0 Å². The van der Waals surface area contributed by atoms with Crippen molar-refractivity contribution in [2.24, 2.45) is 0 Å². The lowest BCUT2D eigenvalue weighted by molar-refractivity contribution is 0.886. The minimum Gasteiger partial charge on any atom is -0.211 e. The van der Waals surface area contributed by atoms with Crippen LogP contribution >= 0.6 is 34.7 Å². The molecule has 2 aromatic heterocycles. The van der Waals surface area contributed by atoms with Gasteiger partial charge in [0, 0.05) is 10.6 Å². The quantitative estimate of drug-likeness (QED) is 0.598. The van der Waals surface area contributed by atoms with E-state index in [1.807, 2.05) is 17.1 Å². The molecular formula is C11H11ClN2S2. The summed E-state index contributed by atoms with van der Waals surface area (Å²) in [6.07, 6.45) is 5.31. The van der Waals surface area contributed by atoms with Crippen LogP contribution in [0.2, 0.25) is 5.28 Å². The van der Waals surface area contributed by atoms with Gasteiger partial charge in [0.1, 0.15) is 9.86 Å². The molecule has 84 valence electrons. The van der Waals surface area contributed by atoms with Crippen LogP contribution in [0.25, 0.3) is 10.2 Å². The van der Waals surface area contributed by atoms with E-state index >= 15 is 0 Å². The van der Waals surface area contributed by atoms with Gasteiger partial charge in [0.05, 0.1) is 0 Å². The highest BCUT2D eigenvalue weighted by atomic mass is 35.5. The van der Waals surface area contributed by atoms with E-state index in [0.29, 0.717) is 10.5 Å². The van der Waals surface area contributed by atoms with Crippen LogP contribution in [0, 0.1) is 0 Å². The number of hydrogen-bond donors (Lipinski definition) is 0. The van der Waals surface area contributed by atoms with Gasteiger partial charge in [-0.1, -0.05) is 12.8 Å².